The summed E-state index contributed by atoms with van der Waals surface area (Å²) in [5.41, 5.74) is 6.71. The zero-order valence-electron chi connectivity index (χ0n) is 14.8. The van der Waals surface area contributed by atoms with Crippen molar-refractivity contribution in [3.63, 3.8) is 0 Å². The standard InChI is InChI=1S/C22H25N3/c1-16(19-12-11-17-7-5-6-10-20(17)13-19)23-14-21-15-24-22(25-21)18-8-3-2-4-9-18/h2-4,8-9,11-13,15-16,23H,5-7,10,14H2,1H3,(H,24,25). The lowest BCUT2D eigenvalue weighted by molar-refractivity contribution is 0.567. The molecule has 1 atom stereocenters. The van der Waals surface area contributed by atoms with E-state index in [-0.39, 0.29) is 0 Å². The molecule has 1 unspecified atom stereocenters. The van der Waals surface area contributed by atoms with Crippen molar-refractivity contribution in [2.75, 3.05) is 0 Å². The highest BCUT2D eigenvalue weighted by Crippen LogP contribution is 2.25. The molecule has 4 rings (SSSR count). The number of hydrogen-bond acceptors (Lipinski definition) is 2. The fourth-order valence-electron chi connectivity index (χ4n) is 3.60. The van der Waals surface area contributed by atoms with E-state index >= 15 is 0 Å². The summed E-state index contributed by atoms with van der Waals surface area (Å²) in [6.07, 6.45) is 7.07. The molecule has 1 aromatic heterocycles. The van der Waals surface area contributed by atoms with Crippen LogP contribution in [0.2, 0.25) is 0 Å². The Morgan fingerprint density at radius 1 is 1.04 bits per heavy atom. The molecule has 0 bridgehead atoms. The molecule has 128 valence electrons. The van der Waals surface area contributed by atoms with Gasteiger partial charge in [-0.2, -0.15) is 0 Å². The van der Waals surface area contributed by atoms with Crippen molar-refractivity contribution >= 4 is 0 Å². The third kappa shape index (κ3) is 3.67. The van der Waals surface area contributed by atoms with E-state index < -0.39 is 0 Å². The van der Waals surface area contributed by atoms with Crippen molar-refractivity contribution < 1.29 is 0 Å². The largest absolute Gasteiger partial charge is 0.341 e. The zero-order valence-corrected chi connectivity index (χ0v) is 14.8. The summed E-state index contributed by atoms with van der Waals surface area (Å²) in [5, 5.41) is 3.62. The summed E-state index contributed by atoms with van der Waals surface area (Å²) < 4.78 is 0. The van der Waals surface area contributed by atoms with Crippen LogP contribution >= 0.6 is 0 Å². The number of nitrogens with one attached hydrogen (secondary N) is 2. The second-order valence-electron chi connectivity index (χ2n) is 6.96. The number of benzene rings is 2. The van der Waals surface area contributed by atoms with Crippen LogP contribution in [-0.4, -0.2) is 9.97 Å². The molecule has 0 saturated carbocycles. The molecule has 0 saturated heterocycles. The third-order valence-electron chi connectivity index (χ3n) is 5.15. The van der Waals surface area contributed by atoms with Gasteiger partial charge in [-0.1, -0.05) is 48.5 Å². The molecule has 1 aliphatic carbocycles. The summed E-state index contributed by atoms with van der Waals surface area (Å²) in [6, 6.07) is 17.6. The lowest BCUT2D eigenvalue weighted by Gasteiger charge is -2.20. The molecule has 0 fully saturated rings. The van der Waals surface area contributed by atoms with E-state index in [0.717, 1.165) is 23.6 Å². The number of aromatic amines is 1. The highest BCUT2D eigenvalue weighted by molar-refractivity contribution is 5.54. The molecule has 2 N–H and O–H groups in total. The molecule has 25 heavy (non-hydrogen) atoms. The molecular formula is C22H25N3. The highest BCUT2D eigenvalue weighted by Gasteiger charge is 2.12. The first-order valence-corrected chi connectivity index (χ1v) is 9.24. The minimum absolute atomic E-state index is 0.329. The SMILES string of the molecule is CC(NCc1cnc(-c2ccccc2)[nH]1)c1ccc2c(c1)CCCC2. The predicted molar refractivity (Wildman–Crippen MR) is 102 cm³/mol. The molecule has 0 radical (unpaired) electrons. The molecule has 3 aromatic rings. The minimum atomic E-state index is 0.329. The maximum absolute atomic E-state index is 4.50. The van der Waals surface area contributed by atoms with Crippen molar-refractivity contribution in [2.45, 2.75) is 45.2 Å². The number of aryl methyl sites for hydroxylation is 2. The Balaban J connectivity index is 1.40. The van der Waals surface area contributed by atoms with Crippen LogP contribution < -0.4 is 5.32 Å². The van der Waals surface area contributed by atoms with Crippen LogP contribution in [0, 0.1) is 0 Å². The molecule has 1 heterocycles. The van der Waals surface area contributed by atoms with Crippen LogP contribution in [0.5, 0.6) is 0 Å². The molecule has 0 spiro atoms. The number of fused-ring (bicyclic) bond motifs is 1. The molecule has 2 aromatic carbocycles. The molecule has 3 heteroatoms. The average Bonchev–Trinajstić information content (AvgIpc) is 3.15. The second-order valence-corrected chi connectivity index (χ2v) is 6.96. The lowest BCUT2D eigenvalue weighted by Crippen LogP contribution is -2.19. The fourth-order valence-corrected chi connectivity index (χ4v) is 3.60. The van der Waals surface area contributed by atoms with Gasteiger partial charge in [-0.05, 0) is 49.3 Å². The fraction of sp³-hybridized carbons (Fsp3) is 0.318. The Morgan fingerprint density at radius 2 is 1.84 bits per heavy atom. The number of rotatable bonds is 5. The van der Waals surface area contributed by atoms with E-state index in [1.807, 2.05) is 24.4 Å². The van der Waals surface area contributed by atoms with Crippen LogP contribution in [0.4, 0.5) is 0 Å². The molecular weight excluding hydrogens is 306 g/mol. The van der Waals surface area contributed by atoms with Gasteiger partial charge < -0.3 is 10.3 Å². The Bertz CT molecular complexity index is 835. The first-order chi connectivity index (χ1) is 12.3. The van der Waals surface area contributed by atoms with Gasteiger partial charge in [-0.15, -0.1) is 0 Å². The molecule has 1 aliphatic rings. The van der Waals surface area contributed by atoms with Crippen LogP contribution in [0.15, 0.2) is 54.7 Å². The van der Waals surface area contributed by atoms with E-state index in [2.05, 4.69) is 52.5 Å². The van der Waals surface area contributed by atoms with E-state index in [1.54, 1.807) is 11.1 Å². The van der Waals surface area contributed by atoms with Gasteiger partial charge in [0.05, 0.1) is 0 Å². The normalized spacial score (nSPS) is 14.9. The lowest BCUT2D eigenvalue weighted by atomic mass is 9.89. The molecule has 3 nitrogen and oxygen atoms in total. The smallest absolute Gasteiger partial charge is 0.137 e. The maximum atomic E-state index is 4.50. The monoisotopic (exact) mass is 331 g/mol. The van der Waals surface area contributed by atoms with E-state index in [9.17, 15) is 0 Å². The van der Waals surface area contributed by atoms with Crippen molar-refractivity contribution in [1.82, 2.24) is 15.3 Å². The third-order valence-corrected chi connectivity index (χ3v) is 5.15. The van der Waals surface area contributed by atoms with Gasteiger partial charge in [0.25, 0.3) is 0 Å². The number of aromatic nitrogens is 2. The highest BCUT2D eigenvalue weighted by atomic mass is 15.0. The summed E-state index contributed by atoms with van der Waals surface area (Å²) in [4.78, 5) is 7.91. The van der Waals surface area contributed by atoms with Gasteiger partial charge in [0.2, 0.25) is 0 Å². The Kier molecular flexibility index (Phi) is 4.66. The number of imidazole rings is 1. The van der Waals surface area contributed by atoms with Gasteiger partial charge in [0.15, 0.2) is 0 Å². The van der Waals surface area contributed by atoms with E-state index in [1.165, 1.54) is 31.2 Å². The van der Waals surface area contributed by atoms with Crippen LogP contribution in [0.3, 0.4) is 0 Å². The number of hydrogen-bond donors (Lipinski definition) is 2. The first kappa shape index (κ1) is 16.1. The van der Waals surface area contributed by atoms with Crippen LogP contribution in [-0.2, 0) is 19.4 Å². The molecule has 0 aliphatic heterocycles. The van der Waals surface area contributed by atoms with Gasteiger partial charge in [-0.25, -0.2) is 4.98 Å². The second kappa shape index (κ2) is 7.24. The van der Waals surface area contributed by atoms with Crippen LogP contribution in [0.25, 0.3) is 11.4 Å². The Hall–Kier alpha value is -2.39. The topological polar surface area (TPSA) is 40.7 Å². The van der Waals surface area contributed by atoms with Crippen molar-refractivity contribution in [3.8, 4) is 11.4 Å². The van der Waals surface area contributed by atoms with Crippen molar-refractivity contribution in [2.24, 2.45) is 0 Å². The summed E-state index contributed by atoms with van der Waals surface area (Å²) in [5.74, 6) is 0.929. The average molecular weight is 331 g/mol. The van der Waals surface area contributed by atoms with E-state index in [0.29, 0.717) is 6.04 Å². The van der Waals surface area contributed by atoms with Gasteiger partial charge in [0.1, 0.15) is 5.82 Å². The quantitative estimate of drug-likeness (QED) is 0.704. The first-order valence-electron chi connectivity index (χ1n) is 9.24. The number of H-pyrrole nitrogens is 1. The van der Waals surface area contributed by atoms with Crippen molar-refractivity contribution in [1.29, 1.82) is 0 Å². The van der Waals surface area contributed by atoms with Gasteiger partial charge in [0, 0.05) is 30.0 Å². The Labute approximate surface area is 149 Å². The Morgan fingerprint density at radius 3 is 2.68 bits per heavy atom. The molecule has 0 amide bonds. The summed E-state index contributed by atoms with van der Waals surface area (Å²) in [7, 11) is 0. The number of nitrogens with zero attached hydrogens (tertiary/aromatic N) is 1. The summed E-state index contributed by atoms with van der Waals surface area (Å²) >= 11 is 0. The van der Waals surface area contributed by atoms with Gasteiger partial charge >= 0.3 is 0 Å². The van der Waals surface area contributed by atoms with Crippen molar-refractivity contribution in [3.05, 3.63) is 77.1 Å². The predicted octanol–water partition coefficient (Wildman–Crippen LogP) is 4.81. The maximum Gasteiger partial charge on any atom is 0.137 e. The van der Waals surface area contributed by atoms with E-state index in [4.69, 9.17) is 0 Å². The van der Waals surface area contributed by atoms with Gasteiger partial charge in [-0.3, -0.25) is 0 Å². The van der Waals surface area contributed by atoms with Crippen LogP contribution in [0.1, 0.15) is 48.2 Å². The summed E-state index contributed by atoms with van der Waals surface area (Å²) in [6.45, 7) is 3.02. The minimum Gasteiger partial charge on any atom is -0.341 e. The zero-order chi connectivity index (χ0) is 17.1.